The SMILES string of the molecule is CCCn1c(=O)[nH]c(=O)c2cc(C(=O)Nc3cccc(C(F)(F)F)c3)cnc21. The summed E-state index contributed by atoms with van der Waals surface area (Å²) in [6.07, 6.45) is -2.75. The van der Waals surface area contributed by atoms with Crippen LogP contribution in [-0.2, 0) is 12.7 Å². The first-order chi connectivity index (χ1) is 13.2. The fraction of sp³-hybridized carbons (Fsp3) is 0.222. The van der Waals surface area contributed by atoms with Crippen LogP contribution in [0.25, 0.3) is 11.0 Å². The number of aromatic nitrogens is 3. The van der Waals surface area contributed by atoms with Crippen LogP contribution in [0.1, 0.15) is 29.3 Å². The summed E-state index contributed by atoms with van der Waals surface area (Å²) in [5.74, 6) is -0.735. The minimum absolute atomic E-state index is 0.0305. The molecule has 1 amide bonds. The number of anilines is 1. The number of nitrogens with one attached hydrogen (secondary N) is 2. The Labute approximate surface area is 155 Å². The molecule has 0 atom stereocenters. The Kier molecular flexibility index (Phi) is 5.04. The number of alkyl halides is 3. The highest BCUT2D eigenvalue weighted by Crippen LogP contribution is 2.30. The number of H-pyrrole nitrogens is 1. The number of halogens is 3. The van der Waals surface area contributed by atoms with Gasteiger partial charge in [-0.1, -0.05) is 13.0 Å². The van der Waals surface area contributed by atoms with Gasteiger partial charge in [0.2, 0.25) is 0 Å². The Morgan fingerprint density at radius 2 is 2.00 bits per heavy atom. The average molecular weight is 392 g/mol. The second-order valence-electron chi connectivity index (χ2n) is 6.04. The lowest BCUT2D eigenvalue weighted by atomic mass is 10.1. The van der Waals surface area contributed by atoms with E-state index in [2.05, 4.69) is 15.3 Å². The van der Waals surface area contributed by atoms with Gasteiger partial charge < -0.3 is 5.32 Å². The number of nitrogens with zero attached hydrogens (tertiary/aromatic N) is 2. The molecule has 28 heavy (non-hydrogen) atoms. The molecule has 10 heteroatoms. The number of amides is 1. The van der Waals surface area contributed by atoms with Gasteiger partial charge in [-0.25, -0.2) is 9.78 Å². The molecule has 0 bridgehead atoms. The lowest BCUT2D eigenvalue weighted by molar-refractivity contribution is -0.137. The van der Waals surface area contributed by atoms with Crippen LogP contribution in [-0.4, -0.2) is 20.4 Å². The number of hydrogen-bond donors (Lipinski definition) is 2. The highest BCUT2D eigenvalue weighted by Gasteiger charge is 2.30. The monoisotopic (exact) mass is 392 g/mol. The molecular formula is C18H15F3N4O3. The van der Waals surface area contributed by atoms with Crippen molar-refractivity contribution in [1.29, 1.82) is 0 Å². The van der Waals surface area contributed by atoms with Crippen molar-refractivity contribution in [3.63, 3.8) is 0 Å². The number of pyridine rings is 1. The molecular weight excluding hydrogens is 377 g/mol. The van der Waals surface area contributed by atoms with E-state index in [0.717, 1.165) is 18.3 Å². The van der Waals surface area contributed by atoms with Gasteiger partial charge in [0.25, 0.3) is 11.5 Å². The van der Waals surface area contributed by atoms with Crippen LogP contribution >= 0.6 is 0 Å². The third-order valence-electron chi connectivity index (χ3n) is 3.99. The molecule has 0 radical (unpaired) electrons. The zero-order valence-electron chi connectivity index (χ0n) is 14.6. The number of aromatic amines is 1. The van der Waals surface area contributed by atoms with Gasteiger partial charge in [-0.3, -0.25) is 19.1 Å². The van der Waals surface area contributed by atoms with Gasteiger partial charge in [-0.05, 0) is 30.7 Å². The van der Waals surface area contributed by atoms with E-state index in [0.29, 0.717) is 13.0 Å². The first-order valence-corrected chi connectivity index (χ1v) is 8.32. The van der Waals surface area contributed by atoms with Gasteiger partial charge in [0, 0.05) is 18.4 Å². The van der Waals surface area contributed by atoms with Gasteiger partial charge in [-0.15, -0.1) is 0 Å². The topological polar surface area (TPSA) is 96.9 Å². The van der Waals surface area contributed by atoms with Crippen LogP contribution in [0.5, 0.6) is 0 Å². The van der Waals surface area contributed by atoms with Crippen molar-refractivity contribution in [2.24, 2.45) is 0 Å². The summed E-state index contributed by atoms with van der Waals surface area (Å²) < 4.78 is 39.7. The maximum absolute atomic E-state index is 12.8. The lowest BCUT2D eigenvalue weighted by Crippen LogP contribution is -2.31. The Morgan fingerprint density at radius 1 is 1.25 bits per heavy atom. The molecule has 0 fully saturated rings. The lowest BCUT2D eigenvalue weighted by Gasteiger charge is -2.11. The molecule has 0 saturated carbocycles. The second-order valence-corrected chi connectivity index (χ2v) is 6.04. The third kappa shape index (κ3) is 3.80. The molecule has 0 aliphatic heterocycles. The fourth-order valence-corrected chi connectivity index (χ4v) is 2.70. The molecule has 0 aliphatic rings. The summed E-state index contributed by atoms with van der Waals surface area (Å²) in [5.41, 5.74) is -2.16. The smallest absolute Gasteiger partial charge is 0.322 e. The molecule has 146 valence electrons. The Morgan fingerprint density at radius 3 is 2.68 bits per heavy atom. The molecule has 3 aromatic rings. The van der Waals surface area contributed by atoms with Crippen molar-refractivity contribution in [2.75, 3.05) is 5.32 Å². The van der Waals surface area contributed by atoms with E-state index in [1.54, 1.807) is 0 Å². The van der Waals surface area contributed by atoms with E-state index in [4.69, 9.17) is 0 Å². The minimum Gasteiger partial charge on any atom is -0.322 e. The van der Waals surface area contributed by atoms with Gasteiger partial charge in [0.05, 0.1) is 16.5 Å². The normalized spacial score (nSPS) is 11.6. The number of carbonyl (C=O) groups is 1. The first-order valence-electron chi connectivity index (χ1n) is 8.32. The number of carbonyl (C=O) groups excluding carboxylic acids is 1. The summed E-state index contributed by atoms with van der Waals surface area (Å²) in [4.78, 5) is 42.6. The van der Waals surface area contributed by atoms with Gasteiger partial charge in [0.15, 0.2) is 0 Å². The number of aryl methyl sites for hydroxylation is 1. The van der Waals surface area contributed by atoms with Crippen LogP contribution in [0.15, 0.2) is 46.1 Å². The Balaban J connectivity index is 1.97. The number of rotatable bonds is 4. The van der Waals surface area contributed by atoms with Crippen LogP contribution in [0.3, 0.4) is 0 Å². The molecule has 2 N–H and O–H groups in total. The zero-order valence-corrected chi connectivity index (χ0v) is 14.6. The van der Waals surface area contributed by atoms with Crippen LogP contribution in [0.4, 0.5) is 18.9 Å². The second kappa shape index (κ2) is 7.29. The van der Waals surface area contributed by atoms with Crippen LogP contribution in [0, 0.1) is 0 Å². The Hall–Kier alpha value is -3.43. The molecule has 2 heterocycles. The van der Waals surface area contributed by atoms with E-state index in [1.165, 1.54) is 22.8 Å². The van der Waals surface area contributed by atoms with Crippen molar-refractivity contribution in [1.82, 2.24) is 14.5 Å². The van der Waals surface area contributed by atoms with E-state index in [9.17, 15) is 27.6 Å². The summed E-state index contributed by atoms with van der Waals surface area (Å²) >= 11 is 0. The van der Waals surface area contributed by atoms with E-state index >= 15 is 0 Å². The molecule has 1 aromatic carbocycles. The summed E-state index contributed by atoms with van der Waals surface area (Å²) in [7, 11) is 0. The van der Waals surface area contributed by atoms with Crippen LogP contribution < -0.4 is 16.6 Å². The van der Waals surface area contributed by atoms with Crippen molar-refractivity contribution in [3.05, 3.63) is 68.5 Å². The largest absolute Gasteiger partial charge is 0.416 e. The van der Waals surface area contributed by atoms with E-state index in [-0.39, 0.29) is 22.3 Å². The fourth-order valence-electron chi connectivity index (χ4n) is 2.70. The third-order valence-corrected chi connectivity index (χ3v) is 3.99. The average Bonchev–Trinajstić information content (AvgIpc) is 2.64. The highest BCUT2D eigenvalue weighted by atomic mass is 19.4. The van der Waals surface area contributed by atoms with Crippen molar-refractivity contribution < 1.29 is 18.0 Å². The molecule has 7 nitrogen and oxygen atoms in total. The maximum atomic E-state index is 12.8. The standard InChI is InChI=1S/C18H15F3N4O3/c1-2-6-25-14-13(16(27)24-17(25)28)7-10(9-22-14)15(26)23-12-5-3-4-11(8-12)18(19,20)21/h3-5,7-9H,2,6H2,1H3,(H,23,26)(H,24,27,28). The van der Waals surface area contributed by atoms with Crippen molar-refractivity contribution >= 4 is 22.6 Å². The molecule has 0 unspecified atom stereocenters. The molecule has 0 aliphatic carbocycles. The number of benzene rings is 1. The molecule has 2 aromatic heterocycles. The summed E-state index contributed by atoms with van der Waals surface area (Å²) in [6.45, 7) is 2.18. The van der Waals surface area contributed by atoms with E-state index in [1.807, 2.05) is 6.92 Å². The predicted molar refractivity (Wildman–Crippen MR) is 96.3 cm³/mol. The molecule has 0 spiro atoms. The minimum atomic E-state index is -4.54. The number of fused-ring (bicyclic) bond motifs is 1. The van der Waals surface area contributed by atoms with Crippen molar-refractivity contribution in [2.45, 2.75) is 26.1 Å². The zero-order chi connectivity index (χ0) is 20.5. The maximum Gasteiger partial charge on any atom is 0.416 e. The first kappa shape index (κ1) is 19.3. The highest BCUT2D eigenvalue weighted by molar-refractivity contribution is 6.05. The molecule has 0 saturated heterocycles. The van der Waals surface area contributed by atoms with Crippen LogP contribution in [0.2, 0.25) is 0 Å². The van der Waals surface area contributed by atoms with Gasteiger partial charge >= 0.3 is 11.9 Å². The van der Waals surface area contributed by atoms with Gasteiger partial charge in [-0.2, -0.15) is 13.2 Å². The summed E-state index contributed by atoms with van der Waals surface area (Å²) in [6, 6.07) is 5.42. The summed E-state index contributed by atoms with van der Waals surface area (Å²) in [5, 5.41) is 2.38. The van der Waals surface area contributed by atoms with Gasteiger partial charge in [0.1, 0.15) is 5.65 Å². The van der Waals surface area contributed by atoms with E-state index < -0.39 is 28.9 Å². The Bertz CT molecular complexity index is 1170. The number of hydrogen-bond acceptors (Lipinski definition) is 4. The predicted octanol–water partition coefficient (Wildman–Crippen LogP) is 2.77. The quantitative estimate of drug-likeness (QED) is 0.714. The van der Waals surface area contributed by atoms with Crippen molar-refractivity contribution in [3.8, 4) is 0 Å². The molecule has 3 rings (SSSR count).